The molecule has 0 radical (unpaired) electrons. The average molecular weight is 256 g/mol. The SMILES string of the molecule is CCN1CCN(CC)C1=O.CN1CCN(C)C1=O. The predicted octanol–water partition coefficient (Wildman–Crippen LogP) is 0.747. The van der Waals surface area contributed by atoms with Crippen molar-refractivity contribution in [3.8, 4) is 0 Å². The fourth-order valence-electron chi connectivity index (χ4n) is 2.00. The standard InChI is InChI=1S/C7H14N2O.C5H10N2O/c1-3-8-5-6-9(4-2)7(8)10;1-6-3-4-7(2)5(6)8/h3-6H2,1-2H3;3-4H2,1-2H3. The zero-order valence-corrected chi connectivity index (χ0v) is 11.8. The maximum Gasteiger partial charge on any atom is 0.320 e. The first kappa shape index (κ1) is 14.6. The highest BCUT2D eigenvalue weighted by atomic mass is 16.2. The van der Waals surface area contributed by atoms with Crippen molar-refractivity contribution < 1.29 is 9.59 Å². The number of urea groups is 2. The van der Waals surface area contributed by atoms with E-state index in [1.54, 1.807) is 9.80 Å². The van der Waals surface area contributed by atoms with E-state index in [2.05, 4.69) is 0 Å². The van der Waals surface area contributed by atoms with Crippen LogP contribution in [0.4, 0.5) is 9.59 Å². The van der Waals surface area contributed by atoms with Crippen molar-refractivity contribution in [3.63, 3.8) is 0 Å². The highest BCUT2D eigenvalue weighted by Gasteiger charge is 2.24. The second kappa shape index (κ2) is 6.47. The third-order valence-electron chi connectivity index (χ3n) is 3.37. The summed E-state index contributed by atoms with van der Waals surface area (Å²) in [7, 11) is 3.62. The molecule has 0 aliphatic carbocycles. The molecule has 2 fully saturated rings. The van der Waals surface area contributed by atoms with Gasteiger partial charge in [-0.1, -0.05) is 0 Å². The molecule has 0 bridgehead atoms. The Morgan fingerprint density at radius 1 is 0.778 bits per heavy atom. The van der Waals surface area contributed by atoms with E-state index in [-0.39, 0.29) is 12.1 Å². The van der Waals surface area contributed by atoms with Gasteiger partial charge in [-0.05, 0) is 13.8 Å². The molecule has 0 saturated carbocycles. The zero-order chi connectivity index (χ0) is 13.7. The van der Waals surface area contributed by atoms with Crippen molar-refractivity contribution in [3.05, 3.63) is 0 Å². The molecule has 6 heteroatoms. The Balaban J connectivity index is 0.000000184. The minimum Gasteiger partial charge on any atom is -0.326 e. The number of amides is 4. The summed E-state index contributed by atoms with van der Waals surface area (Å²) in [5.74, 6) is 0. The van der Waals surface area contributed by atoms with Crippen molar-refractivity contribution in [1.82, 2.24) is 19.6 Å². The van der Waals surface area contributed by atoms with E-state index >= 15 is 0 Å². The van der Waals surface area contributed by atoms with Gasteiger partial charge in [0.15, 0.2) is 0 Å². The highest BCUT2D eigenvalue weighted by molar-refractivity contribution is 5.76. The van der Waals surface area contributed by atoms with Gasteiger partial charge in [0, 0.05) is 53.4 Å². The molecule has 2 rings (SSSR count). The Hall–Kier alpha value is -1.46. The molecule has 18 heavy (non-hydrogen) atoms. The summed E-state index contributed by atoms with van der Waals surface area (Å²) in [5, 5.41) is 0. The van der Waals surface area contributed by atoms with Crippen molar-refractivity contribution in [2.24, 2.45) is 0 Å². The van der Waals surface area contributed by atoms with Crippen molar-refractivity contribution >= 4 is 12.1 Å². The van der Waals surface area contributed by atoms with E-state index in [9.17, 15) is 9.59 Å². The van der Waals surface area contributed by atoms with Gasteiger partial charge in [0.2, 0.25) is 0 Å². The van der Waals surface area contributed by atoms with Gasteiger partial charge in [-0.25, -0.2) is 9.59 Å². The van der Waals surface area contributed by atoms with Crippen LogP contribution in [0.2, 0.25) is 0 Å². The molecule has 0 aromatic carbocycles. The summed E-state index contributed by atoms with van der Waals surface area (Å²) in [5.41, 5.74) is 0. The Morgan fingerprint density at radius 3 is 1.33 bits per heavy atom. The lowest BCUT2D eigenvalue weighted by Gasteiger charge is -2.14. The second-order valence-electron chi connectivity index (χ2n) is 4.57. The summed E-state index contributed by atoms with van der Waals surface area (Å²) < 4.78 is 0. The number of carbonyl (C=O) groups excluding carboxylic acids is 2. The smallest absolute Gasteiger partial charge is 0.320 e. The van der Waals surface area contributed by atoms with E-state index in [1.807, 2.05) is 37.7 Å². The topological polar surface area (TPSA) is 47.1 Å². The van der Waals surface area contributed by atoms with E-state index in [4.69, 9.17) is 0 Å². The van der Waals surface area contributed by atoms with Crippen LogP contribution >= 0.6 is 0 Å². The lowest BCUT2D eigenvalue weighted by atomic mass is 10.6. The van der Waals surface area contributed by atoms with Gasteiger partial charge in [-0.3, -0.25) is 0 Å². The molecular formula is C12H24N4O2. The molecule has 0 aromatic heterocycles. The van der Waals surface area contributed by atoms with Crippen molar-refractivity contribution in [1.29, 1.82) is 0 Å². The molecule has 2 heterocycles. The molecule has 0 N–H and O–H groups in total. The molecule has 2 aliphatic rings. The van der Waals surface area contributed by atoms with Crippen LogP contribution in [-0.2, 0) is 0 Å². The van der Waals surface area contributed by atoms with Gasteiger partial charge in [0.05, 0.1) is 0 Å². The van der Waals surface area contributed by atoms with Gasteiger partial charge in [-0.2, -0.15) is 0 Å². The molecular weight excluding hydrogens is 232 g/mol. The van der Waals surface area contributed by atoms with Gasteiger partial charge in [0.1, 0.15) is 0 Å². The monoisotopic (exact) mass is 256 g/mol. The molecule has 0 atom stereocenters. The Morgan fingerprint density at radius 2 is 1.17 bits per heavy atom. The quantitative estimate of drug-likeness (QED) is 0.732. The Labute approximate surface area is 109 Å². The minimum absolute atomic E-state index is 0.130. The van der Waals surface area contributed by atoms with E-state index in [0.29, 0.717) is 0 Å². The van der Waals surface area contributed by atoms with Crippen molar-refractivity contribution in [2.75, 3.05) is 53.4 Å². The molecule has 0 spiro atoms. The number of hydrogen-bond donors (Lipinski definition) is 0. The molecule has 4 amide bonds. The number of hydrogen-bond acceptors (Lipinski definition) is 2. The summed E-state index contributed by atoms with van der Waals surface area (Å²) in [6.45, 7) is 9.26. The van der Waals surface area contributed by atoms with Crippen LogP contribution in [0, 0.1) is 0 Å². The van der Waals surface area contributed by atoms with Crippen molar-refractivity contribution in [2.45, 2.75) is 13.8 Å². The normalized spacial score (nSPS) is 19.6. The molecule has 2 saturated heterocycles. The third kappa shape index (κ3) is 3.27. The molecule has 2 aliphatic heterocycles. The second-order valence-corrected chi connectivity index (χ2v) is 4.57. The van der Waals surface area contributed by atoms with Crippen LogP contribution in [-0.4, -0.2) is 85.0 Å². The zero-order valence-electron chi connectivity index (χ0n) is 11.8. The van der Waals surface area contributed by atoms with Crippen LogP contribution in [0.25, 0.3) is 0 Å². The van der Waals surface area contributed by atoms with Gasteiger partial charge < -0.3 is 19.6 Å². The molecule has 104 valence electrons. The Bertz CT molecular complexity index is 282. The fourth-order valence-corrected chi connectivity index (χ4v) is 2.00. The average Bonchev–Trinajstić information content (AvgIpc) is 2.87. The lowest BCUT2D eigenvalue weighted by Crippen LogP contribution is -2.31. The van der Waals surface area contributed by atoms with E-state index in [0.717, 1.165) is 39.3 Å². The van der Waals surface area contributed by atoms with E-state index in [1.165, 1.54) is 0 Å². The van der Waals surface area contributed by atoms with Crippen LogP contribution in [0.1, 0.15) is 13.8 Å². The summed E-state index contributed by atoms with van der Waals surface area (Å²) in [4.78, 5) is 29.1. The number of nitrogens with zero attached hydrogens (tertiary/aromatic N) is 4. The van der Waals surface area contributed by atoms with Gasteiger partial charge in [0.25, 0.3) is 0 Å². The number of likely N-dealkylation sites (N-methyl/N-ethyl adjacent to an activating group) is 4. The maximum atomic E-state index is 11.2. The summed E-state index contributed by atoms with van der Waals surface area (Å²) in [6, 6.07) is 0.329. The third-order valence-corrected chi connectivity index (χ3v) is 3.37. The van der Waals surface area contributed by atoms with Gasteiger partial charge >= 0.3 is 12.1 Å². The fraction of sp³-hybridized carbons (Fsp3) is 0.833. The summed E-state index contributed by atoms with van der Waals surface area (Å²) in [6.07, 6.45) is 0. The molecule has 6 nitrogen and oxygen atoms in total. The number of carbonyl (C=O) groups is 2. The lowest BCUT2D eigenvalue weighted by molar-refractivity contribution is 0.195. The van der Waals surface area contributed by atoms with Crippen LogP contribution in [0.3, 0.4) is 0 Å². The van der Waals surface area contributed by atoms with Gasteiger partial charge in [-0.15, -0.1) is 0 Å². The summed E-state index contributed by atoms with van der Waals surface area (Å²) >= 11 is 0. The Kier molecular flexibility index (Phi) is 5.25. The molecule has 0 aromatic rings. The maximum absolute atomic E-state index is 11.2. The highest BCUT2D eigenvalue weighted by Crippen LogP contribution is 2.06. The van der Waals surface area contributed by atoms with Crippen LogP contribution in [0.5, 0.6) is 0 Å². The first-order valence-corrected chi connectivity index (χ1v) is 6.51. The largest absolute Gasteiger partial charge is 0.326 e. The number of rotatable bonds is 2. The first-order chi connectivity index (χ1) is 8.51. The van der Waals surface area contributed by atoms with Crippen LogP contribution < -0.4 is 0 Å². The minimum atomic E-state index is 0.130. The predicted molar refractivity (Wildman–Crippen MR) is 70.5 cm³/mol. The van der Waals surface area contributed by atoms with E-state index < -0.39 is 0 Å². The van der Waals surface area contributed by atoms with Crippen LogP contribution in [0.15, 0.2) is 0 Å². The molecule has 0 unspecified atom stereocenters. The first-order valence-electron chi connectivity index (χ1n) is 6.51.